The first-order valence-electron chi connectivity index (χ1n) is 6.16. The van der Waals surface area contributed by atoms with Crippen LogP contribution in [0.5, 0.6) is 5.75 Å². The quantitative estimate of drug-likeness (QED) is 0.798. The molecule has 3 nitrogen and oxygen atoms in total. The largest absolute Gasteiger partial charge is 0.487 e. The molecular formula is C16H15ClO3. The first kappa shape index (κ1) is 14.4. The number of carbonyl (C=O) groups excluding carboxylic acids is 1. The van der Waals surface area contributed by atoms with Crippen LogP contribution >= 0.6 is 11.6 Å². The van der Waals surface area contributed by atoms with Crippen LogP contribution in [0.3, 0.4) is 0 Å². The molecule has 0 saturated heterocycles. The van der Waals surface area contributed by atoms with Crippen molar-refractivity contribution >= 4 is 17.6 Å². The lowest BCUT2D eigenvalue weighted by molar-refractivity contribution is 0.0600. The maximum absolute atomic E-state index is 11.4. The van der Waals surface area contributed by atoms with Gasteiger partial charge in [0.05, 0.1) is 17.7 Å². The van der Waals surface area contributed by atoms with Crippen LogP contribution in [-0.2, 0) is 11.3 Å². The Labute approximate surface area is 123 Å². The minimum Gasteiger partial charge on any atom is -0.487 e. The van der Waals surface area contributed by atoms with Gasteiger partial charge in [0.15, 0.2) is 0 Å². The highest BCUT2D eigenvalue weighted by molar-refractivity contribution is 6.32. The molecule has 2 aromatic carbocycles. The lowest BCUT2D eigenvalue weighted by Crippen LogP contribution is -2.02. The Bertz CT molecular complexity index is 606. The molecule has 20 heavy (non-hydrogen) atoms. The molecule has 104 valence electrons. The van der Waals surface area contributed by atoms with Crippen LogP contribution in [0.1, 0.15) is 21.5 Å². The molecule has 0 saturated carbocycles. The molecule has 0 heterocycles. The third kappa shape index (κ3) is 3.52. The van der Waals surface area contributed by atoms with Gasteiger partial charge >= 0.3 is 5.97 Å². The van der Waals surface area contributed by atoms with E-state index < -0.39 is 5.97 Å². The van der Waals surface area contributed by atoms with Crippen molar-refractivity contribution in [2.45, 2.75) is 13.5 Å². The summed E-state index contributed by atoms with van der Waals surface area (Å²) in [6.45, 7) is 2.46. The van der Waals surface area contributed by atoms with Crippen LogP contribution in [0, 0.1) is 6.92 Å². The standard InChI is InChI=1S/C16H15ClO3/c1-11-3-5-12(6-4-11)10-20-15-8-7-13(9-14(15)17)16(18)19-2/h3-9H,10H2,1-2H3. The Morgan fingerprint density at radius 2 is 1.85 bits per heavy atom. The number of halogens is 1. The van der Waals surface area contributed by atoms with E-state index in [1.165, 1.54) is 18.7 Å². The van der Waals surface area contributed by atoms with Gasteiger partial charge in [-0.2, -0.15) is 0 Å². The van der Waals surface area contributed by atoms with Gasteiger partial charge in [-0.05, 0) is 30.7 Å². The second kappa shape index (κ2) is 6.44. The molecule has 0 N–H and O–H groups in total. The van der Waals surface area contributed by atoms with E-state index >= 15 is 0 Å². The van der Waals surface area contributed by atoms with Gasteiger partial charge in [0.25, 0.3) is 0 Å². The van der Waals surface area contributed by atoms with Gasteiger partial charge in [0, 0.05) is 0 Å². The summed E-state index contributed by atoms with van der Waals surface area (Å²) in [5.41, 5.74) is 2.66. The smallest absolute Gasteiger partial charge is 0.337 e. The first-order valence-corrected chi connectivity index (χ1v) is 6.54. The average molecular weight is 291 g/mol. The molecule has 0 aliphatic heterocycles. The molecule has 0 unspecified atom stereocenters. The maximum atomic E-state index is 11.4. The van der Waals surface area contributed by atoms with Crippen molar-refractivity contribution in [1.29, 1.82) is 0 Å². The first-order chi connectivity index (χ1) is 9.60. The fourth-order valence-corrected chi connectivity index (χ4v) is 1.94. The van der Waals surface area contributed by atoms with Gasteiger partial charge in [-0.1, -0.05) is 41.4 Å². The lowest BCUT2D eigenvalue weighted by Gasteiger charge is -2.09. The van der Waals surface area contributed by atoms with Crippen molar-refractivity contribution in [2.24, 2.45) is 0 Å². The van der Waals surface area contributed by atoms with E-state index in [4.69, 9.17) is 16.3 Å². The van der Waals surface area contributed by atoms with Crippen LogP contribution in [0.15, 0.2) is 42.5 Å². The number of hydrogen-bond acceptors (Lipinski definition) is 3. The maximum Gasteiger partial charge on any atom is 0.337 e. The van der Waals surface area contributed by atoms with Gasteiger partial charge < -0.3 is 9.47 Å². The minimum atomic E-state index is -0.419. The van der Waals surface area contributed by atoms with Crippen molar-refractivity contribution in [3.05, 3.63) is 64.2 Å². The molecule has 0 spiro atoms. The molecule has 0 aliphatic carbocycles. The van der Waals surface area contributed by atoms with E-state index in [1.54, 1.807) is 12.1 Å². The molecule has 0 bridgehead atoms. The SMILES string of the molecule is COC(=O)c1ccc(OCc2ccc(C)cc2)c(Cl)c1. The van der Waals surface area contributed by atoms with Crippen LogP contribution in [0.2, 0.25) is 5.02 Å². The third-order valence-electron chi connectivity index (χ3n) is 2.87. The fraction of sp³-hybridized carbons (Fsp3) is 0.188. The molecule has 0 aliphatic rings. The van der Waals surface area contributed by atoms with E-state index in [0.29, 0.717) is 22.9 Å². The molecule has 0 atom stereocenters. The van der Waals surface area contributed by atoms with Crippen LogP contribution < -0.4 is 4.74 Å². The second-order valence-corrected chi connectivity index (χ2v) is 4.82. The molecule has 0 aromatic heterocycles. The molecule has 0 fully saturated rings. The number of aryl methyl sites for hydroxylation is 1. The number of ether oxygens (including phenoxy) is 2. The van der Waals surface area contributed by atoms with Crippen molar-refractivity contribution in [1.82, 2.24) is 0 Å². The number of methoxy groups -OCH3 is 1. The summed E-state index contributed by atoms with van der Waals surface area (Å²) in [6.07, 6.45) is 0. The van der Waals surface area contributed by atoms with Gasteiger partial charge in [-0.15, -0.1) is 0 Å². The zero-order valence-corrected chi connectivity index (χ0v) is 12.1. The predicted molar refractivity (Wildman–Crippen MR) is 78.3 cm³/mol. The van der Waals surface area contributed by atoms with Gasteiger partial charge in [-0.25, -0.2) is 4.79 Å². The number of hydrogen-bond donors (Lipinski definition) is 0. The normalized spacial score (nSPS) is 10.2. The summed E-state index contributed by atoms with van der Waals surface area (Å²) >= 11 is 6.09. The topological polar surface area (TPSA) is 35.5 Å². The molecule has 0 radical (unpaired) electrons. The summed E-state index contributed by atoms with van der Waals surface area (Å²) in [7, 11) is 1.33. The molecule has 0 amide bonds. The summed E-state index contributed by atoms with van der Waals surface area (Å²) < 4.78 is 10.3. The highest BCUT2D eigenvalue weighted by Crippen LogP contribution is 2.26. The molecule has 2 aromatic rings. The van der Waals surface area contributed by atoms with E-state index in [0.717, 1.165) is 5.56 Å². The molecule has 4 heteroatoms. The van der Waals surface area contributed by atoms with Crippen LogP contribution in [-0.4, -0.2) is 13.1 Å². The van der Waals surface area contributed by atoms with Gasteiger partial charge in [0.2, 0.25) is 0 Å². The Balaban J connectivity index is 2.06. The number of esters is 1. The van der Waals surface area contributed by atoms with E-state index in [2.05, 4.69) is 4.74 Å². The fourth-order valence-electron chi connectivity index (χ4n) is 1.71. The van der Waals surface area contributed by atoms with Crippen LogP contribution in [0.25, 0.3) is 0 Å². The molecule has 2 rings (SSSR count). The van der Waals surface area contributed by atoms with Crippen molar-refractivity contribution in [3.63, 3.8) is 0 Å². The Kier molecular flexibility index (Phi) is 4.64. The summed E-state index contributed by atoms with van der Waals surface area (Å²) in [6, 6.07) is 12.9. The number of rotatable bonds is 4. The summed E-state index contributed by atoms with van der Waals surface area (Å²) in [5.74, 6) is 0.122. The monoisotopic (exact) mass is 290 g/mol. The van der Waals surface area contributed by atoms with Crippen molar-refractivity contribution in [3.8, 4) is 5.75 Å². The number of carbonyl (C=O) groups is 1. The third-order valence-corrected chi connectivity index (χ3v) is 3.16. The van der Waals surface area contributed by atoms with Crippen LogP contribution in [0.4, 0.5) is 0 Å². The second-order valence-electron chi connectivity index (χ2n) is 4.41. The summed E-state index contributed by atoms with van der Waals surface area (Å²) in [4.78, 5) is 11.4. The van der Waals surface area contributed by atoms with Gasteiger partial charge in [-0.3, -0.25) is 0 Å². The van der Waals surface area contributed by atoms with E-state index in [-0.39, 0.29) is 0 Å². The highest BCUT2D eigenvalue weighted by atomic mass is 35.5. The zero-order valence-electron chi connectivity index (χ0n) is 11.4. The predicted octanol–water partition coefficient (Wildman–Crippen LogP) is 4.01. The van der Waals surface area contributed by atoms with Gasteiger partial charge in [0.1, 0.15) is 12.4 Å². The Hall–Kier alpha value is -2.00. The van der Waals surface area contributed by atoms with E-state index in [9.17, 15) is 4.79 Å². The highest BCUT2D eigenvalue weighted by Gasteiger charge is 2.09. The number of benzene rings is 2. The molecular weight excluding hydrogens is 276 g/mol. The Morgan fingerprint density at radius 3 is 2.45 bits per heavy atom. The van der Waals surface area contributed by atoms with E-state index in [1.807, 2.05) is 31.2 Å². The lowest BCUT2D eigenvalue weighted by atomic mass is 10.2. The van der Waals surface area contributed by atoms with Crippen molar-refractivity contribution in [2.75, 3.05) is 7.11 Å². The minimum absolute atomic E-state index is 0.389. The Morgan fingerprint density at radius 1 is 1.15 bits per heavy atom. The zero-order chi connectivity index (χ0) is 14.5. The summed E-state index contributed by atoms with van der Waals surface area (Å²) in [5, 5.41) is 0.389. The van der Waals surface area contributed by atoms with Crippen molar-refractivity contribution < 1.29 is 14.3 Å². The average Bonchev–Trinajstić information content (AvgIpc) is 2.46.